The first kappa shape index (κ1) is 18.7. The lowest BCUT2D eigenvalue weighted by Crippen LogP contribution is -2.45. The van der Waals surface area contributed by atoms with E-state index in [1.165, 1.54) is 7.11 Å². The van der Waals surface area contributed by atoms with Crippen molar-refractivity contribution in [2.75, 3.05) is 12.9 Å². The summed E-state index contributed by atoms with van der Waals surface area (Å²) in [5.74, 6) is 0.359. The number of rotatable bonds is 7. The van der Waals surface area contributed by atoms with Gasteiger partial charge in [-0.15, -0.1) is 0 Å². The first-order chi connectivity index (χ1) is 11.9. The molecule has 0 aromatic heterocycles. The molecule has 25 heavy (non-hydrogen) atoms. The van der Waals surface area contributed by atoms with Gasteiger partial charge in [0.1, 0.15) is 0 Å². The number of carbonyl (C=O) groups excluding carboxylic acids is 1. The van der Waals surface area contributed by atoms with Gasteiger partial charge < -0.3 is 9.47 Å². The number of carbonyl (C=O) groups is 1. The summed E-state index contributed by atoms with van der Waals surface area (Å²) in [5.41, 5.74) is 1.02. The highest BCUT2D eigenvalue weighted by Crippen LogP contribution is 2.41. The number of hydrogen-bond acceptors (Lipinski definition) is 6. The molecule has 138 valence electrons. The zero-order chi connectivity index (χ0) is 18.0. The Hall–Kier alpha value is -1.09. The van der Waals surface area contributed by atoms with Crippen LogP contribution < -0.4 is 4.72 Å². The number of ether oxygens (including phenoxy) is 2. The van der Waals surface area contributed by atoms with Crippen LogP contribution in [0.15, 0.2) is 29.2 Å². The largest absolute Gasteiger partial charge is 0.469 e. The van der Waals surface area contributed by atoms with E-state index in [9.17, 15) is 13.2 Å². The van der Waals surface area contributed by atoms with Gasteiger partial charge in [-0.2, -0.15) is 11.8 Å². The van der Waals surface area contributed by atoms with E-state index in [0.29, 0.717) is 18.6 Å². The Morgan fingerprint density at radius 2 is 1.96 bits per heavy atom. The molecule has 1 heterocycles. The van der Waals surface area contributed by atoms with Crippen molar-refractivity contribution in [3.8, 4) is 0 Å². The Morgan fingerprint density at radius 3 is 2.64 bits per heavy atom. The van der Waals surface area contributed by atoms with E-state index in [1.54, 1.807) is 36.0 Å². The van der Waals surface area contributed by atoms with Gasteiger partial charge in [-0.05, 0) is 31.9 Å². The van der Waals surface area contributed by atoms with Gasteiger partial charge in [0.05, 0.1) is 30.6 Å². The first-order valence-corrected chi connectivity index (χ1v) is 10.8. The van der Waals surface area contributed by atoms with E-state index in [0.717, 1.165) is 12.0 Å². The van der Waals surface area contributed by atoms with Crippen LogP contribution in [0, 0.1) is 6.92 Å². The fourth-order valence-electron chi connectivity index (χ4n) is 3.08. The third-order valence-electron chi connectivity index (χ3n) is 4.59. The minimum absolute atomic E-state index is 0.0913. The molecule has 1 N–H and O–H groups in total. The number of thioether (sulfide) groups is 1. The molecular formula is C17H23NO5S2. The molecule has 4 atom stereocenters. The van der Waals surface area contributed by atoms with Crippen LogP contribution in [-0.2, 0) is 24.3 Å². The zero-order valence-corrected chi connectivity index (χ0v) is 15.9. The average Bonchev–Trinajstić information content (AvgIpc) is 3.32. The summed E-state index contributed by atoms with van der Waals surface area (Å²) >= 11 is 1.61. The molecular weight excluding hydrogens is 362 g/mol. The van der Waals surface area contributed by atoms with E-state index >= 15 is 0 Å². The molecule has 2 aliphatic rings. The second-order valence-electron chi connectivity index (χ2n) is 6.46. The highest BCUT2D eigenvalue weighted by Gasteiger charge is 2.49. The van der Waals surface area contributed by atoms with Gasteiger partial charge >= 0.3 is 5.97 Å². The molecule has 1 aromatic carbocycles. The molecule has 0 unspecified atom stereocenters. The monoisotopic (exact) mass is 385 g/mol. The second-order valence-corrected chi connectivity index (χ2v) is 9.52. The Balaban J connectivity index is 1.65. The fourth-order valence-corrected chi connectivity index (χ4v) is 5.78. The number of methoxy groups -OCH3 is 1. The smallest absolute Gasteiger partial charge is 0.306 e. The third kappa shape index (κ3) is 4.75. The van der Waals surface area contributed by atoms with Crippen molar-refractivity contribution in [2.24, 2.45) is 0 Å². The minimum atomic E-state index is -3.57. The van der Waals surface area contributed by atoms with Crippen LogP contribution in [0.5, 0.6) is 0 Å². The topological polar surface area (TPSA) is 85.0 Å². The quantitative estimate of drug-likeness (QED) is 0.570. The maximum Gasteiger partial charge on any atom is 0.306 e. The van der Waals surface area contributed by atoms with E-state index in [2.05, 4.69) is 9.46 Å². The van der Waals surface area contributed by atoms with Gasteiger partial charge in [-0.1, -0.05) is 17.7 Å². The van der Waals surface area contributed by atoms with Gasteiger partial charge in [0, 0.05) is 17.0 Å². The van der Waals surface area contributed by atoms with Crippen molar-refractivity contribution in [3.05, 3.63) is 29.8 Å². The summed E-state index contributed by atoms with van der Waals surface area (Å²) in [4.78, 5) is 11.6. The van der Waals surface area contributed by atoms with Gasteiger partial charge in [-0.3, -0.25) is 4.79 Å². The zero-order valence-electron chi connectivity index (χ0n) is 14.3. The van der Waals surface area contributed by atoms with E-state index in [-0.39, 0.29) is 34.4 Å². The van der Waals surface area contributed by atoms with Crippen LogP contribution in [0.25, 0.3) is 0 Å². The van der Waals surface area contributed by atoms with Crippen molar-refractivity contribution in [3.63, 3.8) is 0 Å². The number of fused-ring (bicyclic) bond motifs is 1. The van der Waals surface area contributed by atoms with Gasteiger partial charge in [0.2, 0.25) is 10.0 Å². The lowest BCUT2D eigenvalue weighted by Gasteiger charge is -2.29. The number of benzene rings is 1. The van der Waals surface area contributed by atoms with Crippen LogP contribution in [0.2, 0.25) is 0 Å². The lowest BCUT2D eigenvalue weighted by molar-refractivity contribution is -0.140. The summed E-state index contributed by atoms with van der Waals surface area (Å²) in [5, 5.41) is 0.0913. The minimum Gasteiger partial charge on any atom is -0.469 e. The molecule has 1 saturated heterocycles. The number of esters is 1. The Kier molecular flexibility index (Phi) is 5.72. The van der Waals surface area contributed by atoms with Gasteiger partial charge in [0.15, 0.2) is 0 Å². The molecule has 0 bridgehead atoms. The van der Waals surface area contributed by atoms with Crippen LogP contribution >= 0.6 is 11.8 Å². The Morgan fingerprint density at radius 1 is 1.28 bits per heavy atom. The standard InChI is InChI=1S/C17H23NO5S2/c1-11-3-5-12(6-4-11)25(20,21)18-13-9-14-15(23-14)10-16(13)24-8-7-17(19)22-2/h3-6,13-16,18H,7-10H2,1-2H3/t13-,14-,15+,16-/m1/s1. The van der Waals surface area contributed by atoms with Crippen molar-refractivity contribution >= 4 is 27.8 Å². The molecule has 0 radical (unpaired) electrons. The fraction of sp³-hybridized carbons (Fsp3) is 0.588. The summed E-state index contributed by atoms with van der Waals surface area (Å²) in [6.45, 7) is 1.92. The highest BCUT2D eigenvalue weighted by molar-refractivity contribution is 8.00. The van der Waals surface area contributed by atoms with Crippen molar-refractivity contribution < 1.29 is 22.7 Å². The SMILES string of the molecule is COC(=O)CCS[C@@H]1C[C@@H]2O[C@@H]2C[C@H]1NS(=O)(=O)c1ccc(C)cc1. The predicted molar refractivity (Wildman–Crippen MR) is 96.1 cm³/mol. The number of aryl methyl sites for hydroxylation is 1. The summed E-state index contributed by atoms with van der Waals surface area (Å²) in [6.07, 6.45) is 2.19. The summed E-state index contributed by atoms with van der Waals surface area (Å²) in [7, 11) is -2.20. The molecule has 0 spiro atoms. The van der Waals surface area contributed by atoms with Gasteiger partial charge in [-0.25, -0.2) is 13.1 Å². The Labute approximate surface area is 152 Å². The molecule has 0 amide bonds. The van der Waals surface area contributed by atoms with E-state index in [4.69, 9.17) is 4.74 Å². The van der Waals surface area contributed by atoms with Crippen LogP contribution in [-0.4, -0.2) is 50.7 Å². The molecule has 1 saturated carbocycles. The normalized spacial score (nSPS) is 28.2. The maximum absolute atomic E-state index is 12.7. The molecule has 3 rings (SSSR count). The van der Waals surface area contributed by atoms with Crippen molar-refractivity contribution in [1.82, 2.24) is 4.72 Å². The van der Waals surface area contributed by atoms with Crippen molar-refractivity contribution in [1.29, 1.82) is 0 Å². The van der Waals surface area contributed by atoms with Crippen LogP contribution in [0.3, 0.4) is 0 Å². The number of hydrogen-bond donors (Lipinski definition) is 1. The summed E-state index contributed by atoms with van der Waals surface area (Å²) < 4.78 is 38.4. The Bertz CT molecular complexity index is 719. The third-order valence-corrected chi connectivity index (χ3v) is 7.49. The molecule has 6 nitrogen and oxygen atoms in total. The van der Waals surface area contributed by atoms with Crippen LogP contribution in [0.4, 0.5) is 0 Å². The number of nitrogens with one attached hydrogen (secondary N) is 1. The molecule has 1 aliphatic carbocycles. The van der Waals surface area contributed by atoms with Crippen LogP contribution in [0.1, 0.15) is 24.8 Å². The lowest BCUT2D eigenvalue weighted by atomic mass is 9.96. The highest BCUT2D eigenvalue weighted by atomic mass is 32.2. The number of sulfonamides is 1. The first-order valence-electron chi connectivity index (χ1n) is 8.32. The molecule has 8 heteroatoms. The average molecular weight is 386 g/mol. The second kappa shape index (κ2) is 7.65. The predicted octanol–water partition coefficient (Wildman–Crippen LogP) is 1.87. The summed E-state index contributed by atoms with van der Waals surface area (Å²) in [6, 6.07) is 6.63. The maximum atomic E-state index is 12.7. The van der Waals surface area contributed by atoms with Gasteiger partial charge in [0.25, 0.3) is 0 Å². The molecule has 2 fully saturated rings. The van der Waals surface area contributed by atoms with E-state index in [1.807, 2.05) is 6.92 Å². The number of epoxide rings is 1. The molecule has 1 aliphatic heterocycles. The molecule has 1 aromatic rings. The van der Waals surface area contributed by atoms with Crippen molar-refractivity contribution in [2.45, 2.75) is 54.6 Å². The van der Waals surface area contributed by atoms with E-state index < -0.39 is 10.0 Å².